The molecule has 0 saturated carbocycles. The summed E-state index contributed by atoms with van der Waals surface area (Å²) in [7, 11) is 0. The molecule has 3 heterocycles. The molecular weight excluding hydrogens is 334 g/mol. The third kappa shape index (κ3) is 3.62. The average Bonchev–Trinajstić information content (AvgIpc) is 3.28. The maximum atomic E-state index is 12.5. The van der Waals surface area contributed by atoms with Crippen molar-refractivity contribution in [3.05, 3.63) is 28.5 Å². The molecule has 2 unspecified atom stereocenters. The van der Waals surface area contributed by atoms with E-state index in [0.29, 0.717) is 16.9 Å². The van der Waals surface area contributed by atoms with Gasteiger partial charge in [0.15, 0.2) is 10.8 Å². The fraction of sp³-hybridized carbons (Fsp3) is 0.611. The van der Waals surface area contributed by atoms with E-state index in [1.807, 2.05) is 10.9 Å². The summed E-state index contributed by atoms with van der Waals surface area (Å²) >= 11 is 1.62. The van der Waals surface area contributed by atoms with E-state index in [2.05, 4.69) is 27.6 Å². The SMILES string of the molecule is CCC1CCc2nc(NC(=O)c3ccn(C4CCCNC4)n3)sc2C1. The number of nitrogens with one attached hydrogen (secondary N) is 2. The van der Waals surface area contributed by atoms with Gasteiger partial charge in [0, 0.05) is 17.6 Å². The molecule has 0 radical (unpaired) electrons. The van der Waals surface area contributed by atoms with Gasteiger partial charge in [-0.3, -0.25) is 14.8 Å². The van der Waals surface area contributed by atoms with Crippen LogP contribution in [0.4, 0.5) is 5.13 Å². The average molecular weight is 359 g/mol. The molecule has 1 aliphatic heterocycles. The highest BCUT2D eigenvalue weighted by atomic mass is 32.1. The van der Waals surface area contributed by atoms with E-state index in [1.54, 1.807) is 17.4 Å². The summed E-state index contributed by atoms with van der Waals surface area (Å²) in [5.41, 5.74) is 1.63. The second-order valence-corrected chi connectivity index (χ2v) is 8.12. The predicted octanol–water partition coefficient (Wildman–Crippen LogP) is 3.03. The first-order valence-electron chi connectivity index (χ1n) is 9.28. The van der Waals surface area contributed by atoms with E-state index in [4.69, 9.17) is 0 Å². The summed E-state index contributed by atoms with van der Waals surface area (Å²) in [5.74, 6) is 0.594. The van der Waals surface area contributed by atoms with Crippen molar-refractivity contribution in [2.24, 2.45) is 5.92 Å². The summed E-state index contributed by atoms with van der Waals surface area (Å²) in [6, 6.07) is 2.14. The Balaban J connectivity index is 1.42. The Labute approximate surface area is 152 Å². The summed E-state index contributed by atoms with van der Waals surface area (Å²) in [5, 5.41) is 11.5. The molecule has 2 aliphatic rings. The van der Waals surface area contributed by atoms with Crippen molar-refractivity contribution in [2.75, 3.05) is 18.4 Å². The van der Waals surface area contributed by atoms with Crippen LogP contribution in [0.1, 0.15) is 59.7 Å². The fourth-order valence-corrected chi connectivity index (χ4v) is 4.85. The van der Waals surface area contributed by atoms with E-state index < -0.39 is 0 Å². The van der Waals surface area contributed by atoms with Crippen molar-refractivity contribution in [2.45, 2.75) is 51.5 Å². The number of aromatic nitrogens is 3. The highest BCUT2D eigenvalue weighted by Gasteiger charge is 2.23. The number of rotatable bonds is 4. The second-order valence-electron chi connectivity index (χ2n) is 7.04. The highest BCUT2D eigenvalue weighted by molar-refractivity contribution is 7.15. The molecule has 2 aromatic rings. The minimum absolute atomic E-state index is 0.166. The highest BCUT2D eigenvalue weighted by Crippen LogP contribution is 2.33. The molecule has 1 amide bonds. The van der Waals surface area contributed by atoms with E-state index in [1.165, 1.54) is 23.4 Å². The molecule has 6 nitrogen and oxygen atoms in total. The third-order valence-electron chi connectivity index (χ3n) is 5.33. The fourth-order valence-electron chi connectivity index (χ4n) is 3.73. The van der Waals surface area contributed by atoms with Gasteiger partial charge in [-0.2, -0.15) is 5.10 Å². The van der Waals surface area contributed by atoms with Gasteiger partial charge in [-0.1, -0.05) is 13.3 Å². The number of piperidine rings is 1. The zero-order chi connectivity index (χ0) is 17.2. The van der Waals surface area contributed by atoms with Crippen molar-refractivity contribution in [3.8, 4) is 0 Å². The van der Waals surface area contributed by atoms with Gasteiger partial charge < -0.3 is 5.32 Å². The van der Waals surface area contributed by atoms with Crippen LogP contribution >= 0.6 is 11.3 Å². The molecule has 7 heteroatoms. The van der Waals surface area contributed by atoms with E-state index in [-0.39, 0.29) is 5.91 Å². The van der Waals surface area contributed by atoms with Crippen molar-refractivity contribution in [1.82, 2.24) is 20.1 Å². The van der Waals surface area contributed by atoms with Crippen molar-refractivity contribution < 1.29 is 4.79 Å². The number of hydrogen-bond acceptors (Lipinski definition) is 5. The second kappa shape index (κ2) is 7.25. The quantitative estimate of drug-likeness (QED) is 0.880. The number of thiazole rings is 1. The number of anilines is 1. The smallest absolute Gasteiger partial charge is 0.277 e. The van der Waals surface area contributed by atoms with Crippen LogP contribution in [-0.2, 0) is 12.8 Å². The third-order valence-corrected chi connectivity index (χ3v) is 6.36. The molecule has 4 rings (SSSR count). The lowest BCUT2D eigenvalue weighted by atomic mass is 9.89. The van der Waals surface area contributed by atoms with Gasteiger partial charge in [0.05, 0.1) is 11.7 Å². The first-order valence-corrected chi connectivity index (χ1v) is 10.1. The van der Waals surface area contributed by atoms with E-state index in [9.17, 15) is 4.79 Å². The summed E-state index contributed by atoms with van der Waals surface area (Å²) in [6.07, 6.45) is 8.72. The van der Waals surface area contributed by atoms with Gasteiger partial charge in [0.25, 0.3) is 5.91 Å². The van der Waals surface area contributed by atoms with Gasteiger partial charge in [0.1, 0.15) is 0 Å². The normalized spacial score (nSPS) is 23.2. The Bertz CT molecular complexity index is 746. The molecule has 2 N–H and O–H groups in total. The Morgan fingerprint density at radius 2 is 2.40 bits per heavy atom. The summed E-state index contributed by atoms with van der Waals surface area (Å²) < 4.78 is 1.92. The van der Waals surface area contributed by atoms with E-state index >= 15 is 0 Å². The minimum Gasteiger partial charge on any atom is -0.315 e. The number of carbonyl (C=O) groups is 1. The molecular formula is C18H25N5OS. The van der Waals surface area contributed by atoms with Crippen LogP contribution in [0, 0.1) is 5.92 Å². The number of aryl methyl sites for hydroxylation is 1. The van der Waals surface area contributed by atoms with Gasteiger partial charge in [-0.15, -0.1) is 11.3 Å². The lowest BCUT2D eigenvalue weighted by Crippen LogP contribution is -2.32. The lowest BCUT2D eigenvalue weighted by Gasteiger charge is -2.22. The van der Waals surface area contributed by atoms with Crippen molar-refractivity contribution in [3.63, 3.8) is 0 Å². The molecule has 0 aromatic carbocycles. The Morgan fingerprint density at radius 3 is 3.20 bits per heavy atom. The van der Waals surface area contributed by atoms with Gasteiger partial charge in [0.2, 0.25) is 0 Å². The topological polar surface area (TPSA) is 71.8 Å². The molecule has 1 fully saturated rings. The largest absolute Gasteiger partial charge is 0.315 e. The van der Waals surface area contributed by atoms with Crippen LogP contribution in [-0.4, -0.2) is 33.8 Å². The van der Waals surface area contributed by atoms with Crippen molar-refractivity contribution in [1.29, 1.82) is 0 Å². The zero-order valence-corrected chi connectivity index (χ0v) is 15.4. The van der Waals surface area contributed by atoms with E-state index in [0.717, 1.165) is 44.7 Å². The van der Waals surface area contributed by atoms with Crippen LogP contribution in [0.25, 0.3) is 0 Å². The number of amides is 1. The Kier molecular flexibility index (Phi) is 4.85. The van der Waals surface area contributed by atoms with Crippen LogP contribution in [0.2, 0.25) is 0 Å². The summed E-state index contributed by atoms with van der Waals surface area (Å²) in [6.45, 7) is 4.23. The molecule has 2 atom stereocenters. The molecule has 0 spiro atoms. The first kappa shape index (κ1) is 16.7. The number of carbonyl (C=O) groups excluding carboxylic acids is 1. The number of fused-ring (bicyclic) bond motifs is 1. The zero-order valence-electron chi connectivity index (χ0n) is 14.6. The number of nitrogens with zero attached hydrogens (tertiary/aromatic N) is 3. The molecule has 1 aliphatic carbocycles. The maximum Gasteiger partial charge on any atom is 0.277 e. The number of hydrogen-bond donors (Lipinski definition) is 2. The maximum absolute atomic E-state index is 12.5. The first-order chi connectivity index (χ1) is 12.2. The predicted molar refractivity (Wildman–Crippen MR) is 99.2 cm³/mol. The monoisotopic (exact) mass is 359 g/mol. The van der Waals surface area contributed by atoms with Gasteiger partial charge in [-0.25, -0.2) is 4.98 Å². The molecule has 134 valence electrons. The van der Waals surface area contributed by atoms with Crippen LogP contribution in [0.15, 0.2) is 12.3 Å². The van der Waals surface area contributed by atoms with Crippen molar-refractivity contribution >= 4 is 22.4 Å². The van der Waals surface area contributed by atoms with Gasteiger partial charge >= 0.3 is 0 Å². The Morgan fingerprint density at radius 1 is 1.48 bits per heavy atom. The van der Waals surface area contributed by atoms with Crippen LogP contribution in [0.3, 0.4) is 0 Å². The Hall–Kier alpha value is -1.73. The molecule has 2 aromatic heterocycles. The minimum atomic E-state index is -0.166. The standard InChI is InChI=1S/C18H25N5OS/c1-2-12-5-6-14-16(10-12)25-18(20-14)21-17(24)15-7-9-23(22-15)13-4-3-8-19-11-13/h7,9,12-13,19H,2-6,8,10-11H2,1H3,(H,20,21,24). The van der Waals surface area contributed by atoms with Gasteiger partial charge in [-0.05, 0) is 50.6 Å². The molecule has 25 heavy (non-hydrogen) atoms. The van der Waals surface area contributed by atoms with Crippen LogP contribution < -0.4 is 10.6 Å². The molecule has 1 saturated heterocycles. The lowest BCUT2D eigenvalue weighted by molar-refractivity contribution is 0.102. The molecule has 0 bridgehead atoms. The summed E-state index contributed by atoms with van der Waals surface area (Å²) in [4.78, 5) is 18.5. The van der Waals surface area contributed by atoms with Crippen LogP contribution in [0.5, 0.6) is 0 Å².